The third-order valence-electron chi connectivity index (χ3n) is 3.66. The average molecular weight is 265 g/mol. The van der Waals surface area contributed by atoms with Gasteiger partial charge in [0.05, 0.1) is 12.8 Å². The standard InChI is InChI=1S/C14H23N3O2/c1-13(6-7-13)9-16-12(15-3)17-10-14(2,18)11-5-4-8-19-11/h4-5,8,18H,6-7,9-10H2,1-3H3,(H2,15,16,17). The first-order valence-electron chi connectivity index (χ1n) is 6.66. The van der Waals surface area contributed by atoms with E-state index in [0.717, 1.165) is 6.54 Å². The summed E-state index contributed by atoms with van der Waals surface area (Å²) in [6.45, 7) is 5.23. The van der Waals surface area contributed by atoms with Gasteiger partial charge in [-0.25, -0.2) is 0 Å². The third kappa shape index (κ3) is 3.73. The number of aliphatic hydroxyl groups is 1. The van der Waals surface area contributed by atoms with Gasteiger partial charge in [-0.2, -0.15) is 0 Å². The molecule has 5 heteroatoms. The first-order valence-corrected chi connectivity index (χ1v) is 6.66. The van der Waals surface area contributed by atoms with E-state index in [2.05, 4.69) is 22.5 Å². The Bertz CT molecular complexity index is 434. The van der Waals surface area contributed by atoms with Crippen LogP contribution in [0, 0.1) is 5.41 Å². The van der Waals surface area contributed by atoms with Crippen LogP contribution >= 0.6 is 0 Å². The largest absolute Gasteiger partial charge is 0.466 e. The summed E-state index contributed by atoms with van der Waals surface area (Å²) in [7, 11) is 1.73. The molecule has 0 spiro atoms. The topological polar surface area (TPSA) is 69.8 Å². The first-order chi connectivity index (χ1) is 8.95. The zero-order valence-corrected chi connectivity index (χ0v) is 11.9. The lowest BCUT2D eigenvalue weighted by Crippen LogP contribution is -2.45. The van der Waals surface area contributed by atoms with E-state index in [4.69, 9.17) is 4.42 Å². The lowest BCUT2D eigenvalue weighted by molar-refractivity contribution is 0.0386. The van der Waals surface area contributed by atoms with Gasteiger partial charge in [0.15, 0.2) is 5.96 Å². The molecule has 1 saturated carbocycles. The second kappa shape index (κ2) is 5.25. The number of aliphatic imine (C=N–C) groups is 1. The second-order valence-electron chi connectivity index (χ2n) is 5.84. The number of hydrogen-bond acceptors (Lipinski definition) is 3. The maximum absolute atomic E-state index is 10.3. The molecule has 3 N–H and O–H groups in total. The van der Waals surface area contributed by atoms with E-state index >= 15 is 0 Å². The van der Waals surface area contributed by atoms with E-state index in [1.807, 2.05) is 0 Å². The molecule has 0 aliphatic heterocycles. The molecule has 1 unspecified atom stereocenters. The van der Waals surface area contributed by atoms with E-state index in [-0.39, 0.29) is 0 Å². The first kappa shape index (κ1) is 13.9. The van der Waals surface area contributed by atoms with Crippen molar-refractivity contribution in [3.63, 3.8) is 0 Å². The highest BCUT2D eigenvalue weighted by atomic mass is 16.4. The van der Waals surface area contributed by atoms with Gasteiger partial charge >= 0.3 is 0 Å². The molecule has 2 rings (SSSR count). The highest BCUT2D eigenvalue weighted by molar-refractivity contribution is 5.79. The Hall–Kier alpha value is -1.49. The van der Waals surface area contributed by atoms with Gasteiger partial charge in [0.25, 0.3) is 0 Å². The van der Waals surface area contributed by atoms with Crippen LogP contribution < -0.4 is 10.6 Å². The van der Waals surface area contributed by atoms with Crippen LogP contribution in [-0.2, 0) is 5.60 Å². The zero-order valence-electron chi connectivity index (χ0n) is 11.9. The smallest absolute Gasteiger partial charge is 0.191 e. The molecule has 1 aliphatic rings. The Morgan fingerprint density at radius 1 is 1.53 bits per heavy atom. The molecular formula is C14H23N3O2. The van der Waals surface area contributed by atoms with Crippen LogP contribution in [0.15, 0.2) is 27.8 Å². The molecule has 0 radical (unpaired) electrons. The molecule has 0 saturated heterocycles. The number of furan rings is 1. The number of nitrogens with zero attached hydrogens (tertiary/aromatic N) is 1. The molecule has 106 valence electrons. The van der Waals surface area contributed by atoms with Crippen molar-refractivity contribution in [1.29, 1.82) is 0 Å². The molecule has 1 aliphatic carbocycles. The normalized spacial score (nSPS) is 20.7. The lowest BCUT2D eigenvalue weighted by Gasteiger charge is -2.23. The summed E-state index contributed by atoms with van der Waals surface area (Å²) in [6, 6.07) is 3.54. The van der Waals surface area contributed by atoms with Crippen molar-refractivity contribution in [2.75, 3.05) is 20.1 Å². The predicted molar refractivity (Wildman–Crippen MR) is 75.0 cm³/mol. The minimum atomic E-state index is -1.05. The number of rotatable bonds is 5. The summed E-state index contributed by atoms with van der Waals surface area (Å²) in [6.07, 6.45) is 4.09. The molecule has 1 aromatic heterocycles. The van der Waals surface area contributed by atoms with Gasteiger partial charge in [-0.1, -0.05) is 6.92 Å². The van der Waals surface area contributed by atoms with Crippen LogP contribution in [0.25, 0.3) is 0 Å². The van der Waals surface area contributed by atoms with Crippen molar-refractivity contribution in [3.05, 3.63) is 24.2 Å². The number of nitrogens with one attached hydrogen (secondary N) is 2. The summed E-state index contributed by atoms with van der Waals surface area (Å²) in [5.41, 5.74) is -0.633. The van der Waals surface area contributed by atoms with Gasteiger partial charge in [0.2, 0.25) is 0 Å². The maximum Gasteiger partial charge on any atom is 0.191 e. The summed E-state index contributed by atoms with van der Waals surface area (Å²) >= 11 is 0. The van der Waals surface area contributed by atoms with E-state index in [0.29, 0.717) is 23.7 Å². The third-order valence-corrected chi connectivity index (χ3v) is 3.66. The van der Waals surface area contributed by atoms with Crippen molar-refractivity contribution in [2.24, 2.45) is 10.4 Å². The van der Waals surface area contributed by atoms with E-state index in [9.17, 15) is 5.11 Å². The summed E-state index contributed by atoms with van der Waals surface area (Å²) < 4.78 is 5.24. The molecule has 1 heterocycles. The van der Waals surface area contributed by atoms with Crippen molar-refractivity contribution >= 4 is 5.96 Å². The summed E-state index contributed by atoms with van der Waals surface area (Å²) in [5.74, 6) is 1.25. The van der Waals surface area contributed by atoms with Crippen LogP contribution in [-0.4, -0.2) is 31.2 Å². The SMILES string of the molecule is CN=C(NCC1(C)CC1)NCC(C)(O)c1ccco1. The van der Waals surface area contributed by atoms with Crippen LogP contribution in [0.4, 0.5) is 0 Å². The van der Waals surface area contributed by atoms with Gasteiger partial charge < -0.3 is 20.2 Å². The molecule has 1 aromatic rings. The number of hydrogen-bond donors (Lipinski definition) is 3. The van der Waals surface area contributed by atoms with Gasteiger partial charge in [0.1, 0.15) is 11.4 Å². The highest BCUT2D eigenvalue weighted by Crippen LogP contribution is 2.43. The Morgan fingerprint density at radius 3 is 2.79 bits per heavy atom. The fourth-order valence-electron chi connectivity index (χ4n) is 1.84. The average Bonchev–Trinajstić information content (AvgIpc) is 2.90. The Balaban J connectivity index is 1.82. The predicted octanol–water partition coefficient (Wildman–Crippen LogP) is 1.45. The minimum absolute atomic E-state index is 0.344. The Labute approximate surface area is 114 Å². The fraction of sp³-hybridized carbons (Fsp3) is 0.643. The van der Waals surface area contributed by atoms with E-state index < -0.39 is 5.60 Å². The highest BCUT2D eigenvalue weighted by Gasteiger charge is 2.37. The van der Waals surface area contributed by atoms with E-state index in [1.165, 1.54) is 12.8 Å². The van der Waals surface area contributed by atoms with Gasteiger partial charge in [-0.05, 0) is 37.3 Å². The van der Waals surface area contributed by atoms with Gasteiger partial charge in [-0.15, -0.1) is 0 Å². The molecule has 0 aromatic carbocycles. The number of guanidine groups is 1. The molecule has 1 atom stereocenters. The molecule has 0 amide bonds. The van der Waals surface area contributed by atoms with Gasteiger partial charge in [-0.3, -0.25) is 4.99 Å². The van der Waals surface area contributed by atoms with Crippen molar-refractivity contribution in [1.82, 2.24) is 10.6 Å². The van der Waals surface area contributed by atoms with Crippen molar-refractivity contribution in [3.8, 4) is 0 Å². The molecule has 1 fully saturated rings. The quantitative estimate of drug-likeness (QED) is 0.557. The van der Waals surface area contributed by atoms with E-state index in [1.54, 1.807) is 32.4 Å². The molecule has 0 bridgehead atoms. The van der Waals surface area contributed by atoms with Crippen molar-refractivity contribution < 1.29 is 9.52 Å². The fourth-order valence-corrected chi connectivity index (χ4v) is 1.84. The van der Waals surface area contributed by atoms with Crippen LogP contribution in [0.3, 0.4) is 0 Å². The Morgan fingerprint density at radius 2 is 2.26 bits per heavy atom. The van der Waals surface area contributed by atoms with Gasteiger partial charge in [0, 0.05) is 13.6 Å². The minimum Gasteiger partial charge on any atom is -0.466 e. The maximum atomic E-state index is 10.3. The van der Waals surface area contributed by atoms with Crippen LogP contribution in [0.2, 0.25) is 0 Å². The Kier molecular flexibility index (Phi) is 3.85. The van der Waals surface area contributed by atoms with Crippen molar-refractivity contribution in [2.45, 2.75) is 32.3 Å². The monoisotopic (exact) mass is 265 g/mol. The molecule has 5 nitrogen and oxygen atoms in total. The molecular weight excluding hydrogens is 242 g/mol. The zero-order chi connectivity index (χ0) is 13.9. The lowest BCUT2D eigenvalue weighted by atomic mass is 10.0. The van der Waals surface area contributed by atoms with Crippen LogP contribution in [0.1, 0.15) is 32.4 Å². The molecule has 19 heavy (non-hydrogen) atoms. The van der Waals surface area contributed by atoms with Crippen LogP contribution in [0.5, 0.6) is 0 Å². The summed E-state index contributed by atoms with van der Waals surface area (Å²) in [4.78, 5) is 4.16. The second-order valence-corrected chi connectivity index (χ2v) is 5.84. The summed E-state index contributed by atoms with van der Waals surface area (Å²) in [5, 5.41) is 16.7.